The van der Waals surface area contributed by atoms with Crippen LogP contribution in [0.4, 0.5) is 0 Å². The van der Waals surface area contributed by atoms with Crippen molar-refractivity contribution in [1.82, 2.24) is 0 Å². The van der Waals surface area contributed by atoms with Gasteiger partial charge in [-0.3, -0.25) is 0 Å². The first kappa shape index (κ1) is 13.7. The summed E-state index contributed by atoms with van der Waals surface area (Å²) in [5.74, 6) is 2.14. The second-order valence-corrected chi connectivity index (χ2v) is 5.60. The maximum Gasteiger partial charge on any atom is 0.137 e. The van der Waals surface area contributed by atoms with E-state index in [2.05, 4.69) is 15.9 Å². The molecule has 0 saturated heterocycles. The van der Waals surface area contributed by atoms with Crippen molar-refractivity contribution in [3.63, 3.8) is 0 Å². The molecule has 0 unspecified atom stereocenters. The minimum Gasteiger partial charge on any atom is -0.495 e. The normalized spacial score (nSPS) is 17.8. The highest BCUT2D eigenvalue weighted by Gasteiger charge is 2.24. The van der Waals surface area contributed by atoms with Crippen LogP contribution in [0.15, 0.2) is 16.6 Å². The molecule has 1 aromatic carbocycles. The predicted octanol–water partition coefficient (Wildman–Crippen LogP) is 3.66. The fourth-order valence-corrected chi connectivity index (χ4v) is 3.22. The number of hydrogen-bond acceptors (Lipinski definition) is 3. The molecule has 0 aromatic heterocycles. The third-order valence-electron chi connectivity index (χ3n) is 3.76. The summed E-state index contributed by atoms with van der Waals surface area (Å²) in [5, 5.41) is 0. The van der Waals surface area contributed by atoms with Gasteiger partial charge in [-0.2, -0.15) is 0 Å². The zero-order chi connectivity index (χ0) is 13.1. The van der Waals surface area contributed by atoms with Gasteiger partial charge in [-0.15, -0.1) is 0 Å². The molecule has 1 aliphatic carbocycles. The minimum absolute atomic E-state index is 0.0726. The van der Waals surface area contributed by atoms with Crippen molar-refractivity contribution in [3.8, 4) is 11.5 Å². The van der Waals surface area contributed by atoms with Gasteiger partial charge >= 0.3 is 0 Å². The van der Waals surface area contributed by atoms with Gasteiger partial charge in [0.1, 0.15) is 16.0 Å². The Morgan fingerprint density at radius 3 is 2.11 bits per heavy atom. The third-order valence-corrected chi connectivity index (χ3v) is 4.54. The molecular weight excluding hydrogens is 294 g/mol. The molecule has 100 valence electrons. The Hall–Kier alpha value is -0.740. The maximum absolute atomic E-state index is 6.37. The summed E-state index contributed by atoms with van der Waals surface area (Å²) in [7, 11) is 3.31. The first-order chi connectivity index (χ1) is 8.67. The van der Waals surface area contributed by atoms with Gasteiger partial charge in [-0.25, -0.2) is 0 Å². The van der Waals surface area contributed by atoms with E-state index in [1.807, 2.05) is 12.1 Å². The summed E-state index contributed by atoms with van der Waals surface area (Å²) >= 11 is 3.48. The Labute approximate surface area is 117 Å². The van der Waals surface area contributed by atoms with Gasteiger partial charge in [0.2, 0.25) is 0 Å². The van der Waals surface area contributed by atoms with Crippen molar-refractivity contribution in [3.05, 3.63) is 22.2 Å². The highest BCUT2D eigenvalue weighted by Crippen LogP contribution is 2.40. The molecule has 0 heterocycles. The molecule has 2 N–H and O–H groups in total. The molecule has 1 aromatic rings. The average Bonchev–Trinajstić information content (AvgIpc) is 2.92. The van der Waals surface area contributed by atoms with E-state index in [-0.39, 0.29) is 6.04 Å². The van der Waals surface area contributed by atoms with Gasteiger partial charge in [0, 0.05) is 6.04 Å². The van der Waals surface area contributed by atoms with E-state index < -0.39 is 0 Å². The smallest absolute Gasteiger partial charge is 0.137 e. The molecule has 3 nitrogen and oxygen atoms in total. The molecule has 4 heteroatoms. The second-order valence-electron chi connectivity index (χ2n) is 4.81. The van der Waals surface area contributed by atoms with Gasteiger partial charge in [0.05, 0.1) is 14.2 Å². The van der Waals surface area contributed by atoms with Crippen LogP contribution in [0.25, 0.3) is 0 Å². The van der Waals surface area contributed by atoms with Crippen LogP contribution in [0.3, 0.4) is 0 Å². The van der Waals surface area contributed by atoms with Crippen molar-refractivity contribution in [1.29, 1.82) is 0 Å². The van der Waals surface area contributed by atoms with Gasteiger partial charge in [0.25, 0.3) is 0 Å². The number of methoxy groups -OCH3 is 2. The molecule has 0 bridgehead atoms. The first-order valence-corrected chi connectivity index (χ1v) is 7.13. The number of benzene rings is 1. The summed E-state index contributed by atoms with van der Waals surface area (Å²) in [5.41, 5.74) is 7.47. The molecular formula is C14H20BrNO2. The quantitative estimate of drug-likeness (QED) is 0.922. The fraction of sp³-hybridized carbons (Fsp3) is 0.571. The number of halogens is 1. The third kappa shape index (κ3) is 2.64. The predicted molar refractivity (Wildman–Crippen MR) is 76.1 cm³/mol. The Bertz CT molecular complexity index is 391. The van der Waals surface area contributed by atoms with Gasteiger partial charge < -0.3 is 15.2 Å². The largest absolute Gasteiger partial charge is 0.495 e. The lowest BCUT2D eigenvalue weighted by molar-refractivity contribution is 0.383. The van der Waals surface area contributed by atoms with E-state index in [1.54, 1.807) is 14.2 Å². The van der Waals surface area contributed by atoms with E-state index in [0.29, 0.717) is 5.92 Å². The molecule has 1 fully saturated rings. The molecule has 0 spiro atoms. The van der Waals surface area contributed by atoms with E-state index in [4.69, 9.17) is 15.2 Å². The Balaban J connectivity index is 2.31. The maximum atomic E-state index is 6.37. The molecule has 0 amide bonds. The molecule has 1 atom stereocenters. The summed E-state index contributed by atoms with van der Waals surface area (Å²) in [6.07, 6.45) is 5.04. The Morgan fingerprint density at radius 1 is 1.17 bits per heavy atom. The van der Waals surface area contributed by atoms with E-state index in [9.17, 15) is 0 Å². The highest BCUT2D eigenvalue weighted by molar-refractivity contribution is 9.10. The van der Waals surface area contributed by atoms with Crippen LogP contribution in [0.2, 0.25) is 0 Å². The van der Waals surface area contributed by atoms with Crippen LogP contribution in [-0.4, -0.2) is 14.2 Å². The van der Waals surface area contributed by atoms with Crippen LogP contribution < -0.4 is 15.2 Å². The Morgan fingerprint density at radius 2 is 1.67 bits per heavy atom. The van der Waals surface area contributed by atoms with E-state index in [1.165, 1.54) is 25.7 Å². The second kappa shape index (κ2) is 5.93. The van der Waals surface area contributed by atoms with Crippen LogP contribution in [0.5, 0.6) is 11.5 Å². The monoisotopic (exact) mass is 313 g/mol. The van der Waals surface area contributed by atoms with Crippen molar-refractivity contribution < 1.29 is 9.47 Å². The molecule has 1 saturated carbocycles. The molecule has 2 rings (SSSR count). The Kier molecular flexibility index (Phi) is 4.51. The summed E-state index contributed by atoms with van der Waals surface area (Å²) in [6.45, 7) is 0. The number of nitrogens with two attached hydrogens (primary N) is 1. The van der Waals surface area contributed by atoms with Crippen LogP contribution >= 0.6 is 15.9 Å². The molecule has 0 radical (unpaired) electrons. The van der Waals surface area contributed by atoms with Crippen molar-refractivity contribution in [2.24, 2.45) is 11.7 Å². The van der Waals surface area contributed by atoms with Crippen LogP contribution in [0, 0.1) is 5.92 Å². The first-order valence-electron chi connectivity index (χ1n) is 6.34. The lowest BCUT2D eigenvalue weighted by Gasteiger charge is -2.21. The lowest BCUT2D eigenvalue weighted by atomic mass is 9.92. The standard InChI is InChI=1S/C14H20BrNO2/c1-17-11-7-10(8-12(18-2)13(11)15)14(16)9-5-3-4-6-9/h7-9,14H,3-6,16H2,1-2H3/t14-/m1/s1. The van der Waals surface area contributed by atoms with Crippen molar-refractivity contribution >= 4 is 15.9 Å². The highest BCUT2D eigenvalue weighted by atomic mass is 79.9. The zero-order valence-corrected chi connectivity index (χ0v) is 12.5. The van der Waals surface area contributed by atoms with Crippen LogP contribution in [-0.2, 0) is 0 Å². The van der Waals surface area contributed by atoms with Crippen LogP contribution in [0.1, 0.15) is 37.3 Å². The summed E-state index contributed by atoms with van der Waals surface area (Å²) < 4.78 is 11.6. The lowest BCUT2D eigenvalue weighted by Crippen LogP contribution is -2.19. The minimum atomic E-state index is 0.0726. The molecule has 18 heavy (non-hydrogen) atoms. The van der Waals surface area contributed by atoms with Gasteiger partial charge in [-0.05, 0) is 52.4 Å². The topological polar surface area (TPSA) is 44.5 Å². The zero-order valence-electron chi connectivity index (χ0n) is 10.9. The average molecular weight is 314 g/mol. The van der Waals surface area contributed by atoms with E-state index >= 15 is 0 Å². The summed E-state index contributed by atoms with van der Waals surface area (Å²) in [6, 6.07) is 4.09. The number of hydrogen-bond donors (Lipinski definition) is 1. The number of rotatable bonds is 4. The van der Waals surface area contributed by atoms with Gasteiger partial charge in [-0.1, -0.05) is 12.8 Å². The van der Waals surface area contributed by atoms with Crippen molar-refractivity contribution in [2.45, 2.75) is 31.7 Å². The molecule has 0 aliphatic heterocycles. The number of ether oxygens (including phenoxy) is 2. The fourth-order valence-electron chi connectivity index (χ4n) is 2.67. The van der Waals surface area contributed by atoms with Crippen molar-refractivity contribution in [2.75, 3.05) is 14.2 Å². The molecule has 1 aliphatic rings. The van der Waals surface area contributed by atoms with Gasteiger partial charge in [0.15, 0.2) is 0 Å². The van der Waals surface area contributed by atoms with E-state index in [0.717, 1.165) is 21.5 Å². The summed E-state index contributed by atoms with van der Waals surface area (Å²) in [4.78, 5) is 0. The SMILES string of the molecule is COc1cc([C@H](N)C2CCCC2)cc(OC)c1Br.